The third-order valence-corrected chi connectivity index (χ3v) is 6.85. The molecule has 0 radical (unpaired) electrons. The fourth-order valence-electron chi connectivity index (χ4n) is 3.41. The Morgan fingerprint density at radius 3 is 2.42 bits per heavy atom. The molecule has 0 aliphatic carbocycles. The zero-order valence-electron chi connectivity index (χ0n) is 15.2. The minimum atomic E-state index is -2.81. The summed E-state index contributed by atoms with van der Waals surface area (Å²) in [7, 11) is -1.05. The predicted molar refractivity (Wildman–Crippen MR) is 111 cm³/mol. The van der Waals surface area contributed by atoms with Crippen LogP contribution in [0.1, 0.15) is 39.5 Å². The van der Waals surface area contributed by atoms with Crippen LogP contribution in [0.25, 0.3) is 0 Å². The topological polar surface area (TPSA) is 73.8 Å². The van der Waals surface area contributed by atoms with Crippen molar-refractivity contribution in [2.75, 3.05) is 44.7 Å². The maximum Gasteiger partial charge on any atom is 0.191 e. The van der Waals surface area contributed by atoms with Gasteiger partial charge < -0.3 is 10.6 Å². The molecule has 0 aromatic heterocycles. The lowest BCUT2D eigenvalue weighted by Crippen LogP contribution is -2.55. The molecule has 0 amide bonds. The van der Waals surface area contributed by atoms with Crippen LogP contribution in [0.15, 0.2) is 4.99 Å². The first-order valence-corrected chi connectivity index (χ1v) is 10.5. The molecule has 2 saturated heterocycles. The lowest BCUT2D eigenvalue weighted by atomic mass is 9.98. The highest BCUT2D eigenvalue weighted by atomic mass is 127. The molecule has 0 bridgehead atoms. The zero-order chi connectivity index (χ0) is 16.9. The van der Waals surface area contributed by atoms with Crippen molar-refractivity contribution < 1.29 is 8.42 Å². The summed E-state index contributed by atoms with van der Waals surface area (Å²) in [6.07, 6.45) is 4.66. The number of hydrogen-bond donors (Lipinski definition) is 2. The summed E-state index contributed by atoms with van der Waals surface area (Å²) in [5.41, 5.74) is 0.0920. The second-order valence-electron chi connectivity index (χ2n) is 7.44. The van der Waals surface area contributed by atoms with E-state index in [0.717, 1.165) is 18.9 Å². The summed E-state index contributed by atoms with van der Waals surface area (Å²) >= 11 is 0. The second kappa shape index (κ2) is 9.56. The van der Waals surface area contributed by atoms with E-state index in [1.54, 1.807) is 7.05 Å². The maximum absolute atomic E-state index is 11.5. The molecule has 0 aromatic rings. The van der Waals surface area contributed by atoms with Gasteiger partial charge in [-0.3, -0.25) is 9.89 Å². The van der Waals surface area contributed by atoms with Gasteiger partial charge in [-0.05, 0) is 52.1 Å². The Kier molecular flexibility index (Phi) is 8.75. The number of aliphatic imine (C=N–C) groups is 1. The average Bonchev–Trinajstić information content (AvgIpc) is 2.87. The summed E-state index contributed by atoms with van der Waals surface area (Å²) in [5.74, 6) is 1.59. The van der Waals surface area contributed by atoms with Crippen molar-refractivity contribution >= 4 is 39.8 Å². The van der Waals surface area contributed by atoms with E-state index in [1.165, 1.54) is 32.4 Å². The van der Waals surface area contributed by atoms with Gasteiger partial charge in [0.25, 0.3) is 0 Å². The van der Waals surface area contributed by atoms with Crippen LogP contribution in [0.2, 0.25) is 0 Å². The molecule has 2 aliphatic heterocycles. The van der Waals surface area contributed by atoms with E-state index in [4.69, 9.17) is 0 Å². The summed E-state index contributed by atoms with van der Waals surface area (Å²) in [5, 5.41) is 6.68. The Balaban J connectivity index is 0.00000288. The summed E-state index contributed by atoms with van der Waals surface area (Å²) < 4.78 is 23.0. The van der Waals surface area contributed by atoms with Crippen molar-refractivity contribution in [1.82, 2.24) is 15.5 Å². The Hall–Kier alpha value is -0.0900. The number of nitrogens with one attached hydrogen (secondary N) is 2. The normalized spacial score (nSPS) is 25.1. The molecule has 0 saturated carbocycles. The predicted octanol–water partition coefficient (Wildman–Crippen LogP) is 1.47. The monoisotopic (exact) mass is 472 g/mol. The molecule has 1 unspecified atom stereocenters. The summed E-state index contributed by atoms with van der Waals surface area (Å²) in [6, 6.07) is 0. The molecule has 2 fully saturated rings. The highest BCUT2D eigenvalue weighted by molar-refractivity contribution is 14.0. The van der Waals surface area contributed by atoms with Crippen molar-refractivity contribution in [2.24, 2.45) is 10.9 Å². The lowest BCUT2D eigenvalue weighted by molar-refractivity contribution is 0.0982. The molecule has 2 aliphatic rings. The molecule has 0 aromatic carbocycles. The van der Waals surface area contributed by atoms with Gasteiger partial charge in [0.05, 0.1) is 11.5 Å². The Labute approximate surface area is 164 Å². The van der Waals surface area contributed by atoms with Gasteiger partial charge in [0.2, 0.25) is 0 Å². The first-order chi connectivity index (χ1) is 10.8. The van der Waals surface area contributed by atoms with Crippen LogP contribution >= 0.6 is 24.0 Å². The molecule has 2 N–H and O–H groups in total. The molecule has 0 spiro atoms. The van der Waals surface area contributed by atoms with Crippen molar-refractivity contribution in [3.8, 4) is 0 Å². The quantitative estimate of drug-likeness (QED) is 0.360. The van der Waals surface area contributed by atoms with Crippen molar-refractivity contribution in [1.29, 1.82) is 0 Å². The van der Waals surface area contributed by atoms with Crippen LogP contribution in [-0.2, 0) is 9.84 Å². The number of halogens is 1. The van der Waals surface area contributed by atoms with Gasteiger partial charge in [0.1, 0.15) is 0 Å². The average molecular weight is 472 g/mol. The first kappa shape index (κ1) is 22.0. The summed E-state index contributed by atoms with van der Waals surface area (Å²) in [4.78, 5) is 6.80. The number of hydrogen-bond acceptors (Lipinski definition) is 4. The van der Waals surface area contributed by atoms with E-state index in [1.807, 2.05) is 0 Å². The third-order valence-electron chi connectivity index (χ3n) is 5.01. The molecule has 24 heavy (non-hydrogen) atoms. The van der Waals surface area contributed by atoms with Crippen molar-refractivity contribution in [2.45, 2.75) is 45.1 Å². The van der Waals surface area contributed by atoms with Gasteiger partial charge in [-0.2, -0.15) is 0 Å². The fourth-order valence-corrected chi connectivity index (χ4v) is 5.27. The van der Waals surface area contributed by atoms with E-state index >= 15 is 0 Å². The fraction of sp³-hybridized carbons (Fsp3) is 0.938. The SMILES string of the molecule is CN=C(NCC1CCS(=O)(=O)C1)NCC(C)(C)N1CCCCC1.I. The van der Waals surface area contributed by atoms with E-state index in [0.29, 0.717) is 18.1 Å². The third kappa shape index (κ3) is 6.67. The van der Waals surface area contributed by atoms with Crippen LogP contribution in [0, 0.1) is 5.92 Å². The van der Waals surface area contributed by atoms with Gasteiger partial charge >= 0.3 is 0 Å². The molecule has 2 heterocycles. The number of guanidine groups is 1. The molecule has 2 rings (SSSR count). The molecule has 8 heteroatoms. The Morgan fingerprint density at radius 1 is 1.21 bits per heavy atom. The van der Waals surface area contributed by atoms with Gasteiger partial charge in [-0.1, -0.05) is 6.42 Å². The van der Waals surface area contributed by atoms with Crippen molar-refractivity contribution in [3.05, 3.63) is 0 Å². The van der Waals surface area contributed by atoms with Crippen LogP contribution < -0.4 is 10.6 Å². The largest absolute Gasteiger partial charge is 0.356 e. The van der Waals surface area contributed by atoms with Gasteiger partial charge in [0, 0.05) is 25.7 Å². The standard InChI is InChI=1S/C16H32N4O2S.HI/c1-16(2,20-8-5-4-6-9-20)13-19-15(17-3)18-11-14-7-10-23(21,22)12-14;/h14H,4-13H2,1-3H3,(H2,17,18,19);1H. The Morgan fingerprint density at radius 2 is 1.88 bits per heavy atom. The number of likely N-dealkylation sites (tertiary alicyclic amines) is 1. The number of rotatable bonds is 5. The van der Waals surface area contributed by atoms with Crippen LogP contribution in [0.3, 0.4) is 0 Å². The van der Waals surface area contributed by atoms with Gasteiger partial charge in [0.15, 0.2) is 15.8 Å². The van der Waals surface area contributed by atoms with Gasteiger partial charge in [-0.15, -0.1) is 24.0 Å². The smallest absolute Gasteiger partial charge is 0.191 e. The van der Waals surface area contributed by atoms with E-state index in [9.17, 15) is 8.42 Å². The van der Waals surface area contributed by atoms with E-state index in [2.05, 4.69) is 34.4 Å². The zero-order valence-corrected chi connectivity index (χ0v) is 18.3. The first-order valence-electron chi connectivity index (χ1n) is 8.72. The van der Waals surface area contributed by atoms with E-state index < -0.39 is 9.84 Å². The molecule has 142 valence electrons. The van der Waals surface area contributed by atoms with Crippen LogP contribution in [0.5, 0.6) is 0 Å². The number of sulfone groups is 1. The lowest BCUT2D eigenvalue weighted by Gasteiger charge is -2.41. The molecular weight excluding hydrogens is 439 g/mol. The van der Waals surface area contributed by atoms with E-state index in [-0.39, 0.29) is 35.4 Å². The maximum atomic E-state index is 11.5. The minimum absolute atomic E-state index is 0. The van der Waals surface area contributed by atoms with Crippen molar-refractivity contribution in [3.63, 3.8) is 0 Å². The van der Waals surface area contributed by atoms with Crippen LogP contribution in [0.4, 0.5) is 0 Å². The highest BCUT2D eigenvalue weighted by Gasteiger charge is 2.29. The number of nitrogens with zero attached hydrogens (tertiary/aromatic N) is 2. The van der Waals surface area contributed by atoms with Crippen LogP contribution in [-0.4, -0.2) is 69.5 Å². The highest BCUT2D eigenvalue weighted by Crippen LogP contribution is 2.20. The number of piperidine rings is 1. The second-order valence-corrected chi connectivity index (χ2v) is 9.66. The Bertz CT molecular complexity index is 516. The summed E-state index contributed by atoms with van der Waals surface area (Å²) in [6.45, 7) is 8.37. The molecule has 6 nitrogen and oxygen atoms in total. The molecule has 1 atom stereocenters. The van der Waals surface area contributed by atoms with Gasteiger partial charge in [-0.25, -0.2) is 8.42 Å². The minimum Gasteiger partial charge on any atom is -0.356 e. The molecular formula is C16H33IN4O2S.